The highest BCUT2D eigenvalue weighted by Gasteiger charge is 2.34. The molecule has 3 aromatic carbocycles. The number of carboxylic acid groups (broad SMARTS) is 1. The Morgan fingerprint density at radius 1 is 0.926 bits per heavy atom. The molecule has 4 rings (SSSR count). The van der Waals surface area contributed by atoms with Gasteiger partial charge in [-0.15, -0.1) is 0 Å². The molecule has 3 aromatic rings. The van der Waals surface area contributed by atoms with Crippen LogP contribution < -0.4 is 10.3 Å². The summed E-state index contributed by atoms with van der Waals surface area (Å²) in [4.78, 5) is 37.4. The standard InChI is InChI=1S/C20H15NO6/c22-11-1-3-13-10(7-11)9-21(16(24)5-6-17(25)26)15-8-12(23)2-4-14(15)19-18(13)20(19)27/h1-4,7-8,22-23H,5-6,9H2,(H,25,26). The van der Waals surface area contributed by atoms with Crippen molar-refractivity contribution in [2.75, 3.05) is 4.90 Å². The molecular weight excluding hydrogens is 350 g/mol. The minimum Gasteiger partial charge on any atom is -0.508 e. The molecule has 0 spiro atoms. The predicted octanol–water partition coefficient (Wildman–Crippen LogP) is 2.38. The smallest absolute Gasteiger partial charge is 0.303 e. The fourth-order valence-electron chi connectivity index (χ4n) is 3.42. The van der Waals surface area contributed by atoms with Gasteiger partial charge in [0.2, 0.25) is 5.91 Å². The van der Waals surface area contributed by atoms with Crippen LogP contribution in [0.15, 0.2) is 41.2 Å². The van der Waals surface area contributed by atoms with Gasteiger partial charge in [-0.2, -0.15) is 0 Å². The lowest BCUT2D eigenvalue weighted by Crippen LogP contribution is -2.31. The highest BCUT2D eigenvalue weighted by atomic mass is 16.4. The summed E-state index contributed by atoms with van der Waals surface area (Å²) >= 11 is 0. The van der Waals surface area contributed by atoms with Crippen LogP contribution in [0, 0.1) is 0 Å². The van der Waals surface area contributed by atoms with Crippen LogP contribution in [0.5, 0.6) is 11.5 Å². The first-order valence-electron chi connectivity index (χ1n) is 8.33. The zero-order chi connectivity index (χ0) is 19.3. The van der Waals surface area contributed by atoms with Gasteiger partial charge in [0.1, 0.15) is 11.5 Å². The van der Waals surface area contributed by atoms with E-state index in [4.69, 9.17) is 5.11 Å². The van der Waals surface area contributed by atoms with Crippen molar-refractivity contribution in [3.05, 3.63) is 52.2 Å². The van der Waals surface area contributed by atoms with Gasteiger partial charge in [-0.1, -0.05) is 6.07 Å². The van der Waals surface area contributed by atoms with Crippen LogP contribution in [0.3, 0.4) is 0 Å². The van der Waals surface area contributed by atoms with Gasteiger partial charge < -0.3 is 20.2 Å². The molecule has 0 bridgehead atoms. The number of aliphatic carboxylic acids is 1. The van der Waals surface area contributed by atoms with E-state index in [0.717, 1.165) is 0 Å². The third-order valence-electron chi connectivity index (χ3n) is 4.72. The number of nitrogens with zero attached hydrogens (tertiary/aromatic N) is 1. The number of benzene rings is 2. The number of carbonyl (C=O) groups excluding carboxylic acids is 1. The van der Waals surface area contributed by atoms with Crippen molar-refractivity contribution in [1.82, 2.24) is 0 Å². The summed E-state index contributed by atoms with van der Waals surface area (Å²) in [5.74, 6) is -1.61. The molecule has 0 unspecified atom stereocenters. The molecule has 1 amide bonds. The molecule has 0 saturated heterocycles. The number of hydrogen-bond donors (Lipinski definition) is 3. The number of hydrogen-bond acceptors (Lipinski definition) is 5. The van der Waals surface area contributed by atoms with Crippen molar-refractivity contribution in [2.45, 2.75) is 19.4 Å². The van der Waals surface area contributed by atoms with Crippen molar-refractivity contribution in [2.24, 2.45) is 0 Å². The van der Waals surface area contributed by atoms with E-state index in [0.29, 0.717) is 33.5 Å². The lowest BCUT2D eigenvalue weighted by atomic mass is 9.98. The molecule has 0 aromatic heterocycles. The Kier molecular flexibility index (Phi) is 3.73. The molecule has 7 heteroatoms. The SMILES string of the molecule is O=C(O)CCC(=O)N1Cc2cc(O)ccc2-c2c(c2=O)-c2ccc(O)cc21. The Hall–Kier alpha value is -3.61. The minimum atomic E-state index is -1.09. The zero-order valence-electron chi connectivity index (χ0n) is 14.1. The summed E-state index contributed by atoms with van der Waals surface area (Å²) in [6.07, 6.45) is -0.554. The second kappa shape index (κ2) is 5.98. The number of anilines is 1. The molecule has 0 saturated carbocycles. The van der Waals surface area contributed by atoms with E-state index in [2.05, 4.69) is 0 Å². The number of phenolic OH excluding ortho intramolecular Hbond substituents is 2. The lowest BCUT2D eigenvalue weighted by Gasteiger charge is -2.27. The van der Waals surface area contributed by atoms with Crippen molar-refractivity contribution in [3.8, 4) is 33.8 Å². The molecular formula is C20H15NO6. The lowest BCUT2D eigenvalue weighted by molar-refractivity contribution is -0.138. The Morgan fingerprint density at radius 3 is 2.26 bits per heavy atom. The van der Waals surface area contributed by atoms with Crippen LogP contribution in [-0.2, 0) is 16.1 Å². The number of fused-ring (bicyclic) bond motifs is 5. The zero-order valence-corrected chi connectivity index (χ0v) is 14.1. The summed E-state index contributed by atoms with van der Waals surface area (Å²) in [5, 5.41) is 28.6. The first-order chi connectivity index (χ1) is 12.9. The quantitative estimate of drug-likeness (QED) is 0.656. The van der Waals surface area contributed by atoms with Gasteiger partial charge in [-0.05, 0) is 35.4 Å². The number of aromatic hydroxyl groups is 2. The molecule has 0 atom stereocenters. The molecule has 7 nitrogen and oxygen atoms in total. The van der Waals surface area contributed by atoms with Crippen LogP contribution in [0.2, 0.25) is 0 Å². The summed E-state index contributed by atoms with van der Waals surface area (Å²) in [5.41, 5.74) is 2.94. The number of phenols is 2. The largest absolute Gasteiger partial charge is 0.508 e. The topological polar surface area (TPSA) is 115 Å². The Bertz CT molecular complexity index is 1110. The molecule has 1 aliphatic heterocycles. The Balaban J connectivity index is 1.89. The second-order valence-corrected chi connectivity index (χ2v) is 6.50. The fraction of sp³-hybridized carbons (Fsp3) is 0.150. The van der Waals surface area contributed by atoms with Crippen molar-refractivity contribution in [3.63, 3.8) is 0 Å². The van der Waals surface area contributed by atoms with E-state index in [9.17, 15) is 24.6 Å². The van der Waals surface area contributed by atoms with Gasteiger partial charge in [0, 0.05) is 29.2 Å². The third-order valence-corrected chi connectivity index (χ3v) is 4.72. The number of amides is 1. The Morgan fingerprint density at radius 2 is 1.56 bits per heavy atom. The van der Waals surface area contributed by atoms with E-state index in [-0.39, 0.29) is 36.3 Å². The fourth-order valence-corrected chi connectivity index (χ4v) is 3.42. The average molecular weight is 365 g/mol. The van der Waals surface area contributed by atoms with Crippen LogP contribution >= 0.6 is 0 Å². The van der Waals surface area contributed by atoms with Gasteiger partial charge in [0.25, 0.3) is 0 Å². The Labute approximate surface area is 153 Å². The first-order valence-corrected chi connectivity index (χ1v) is 8.33. The molecule has 1 aliphatic rings. The number of carbonyl (C=O) groups is 2. The van der Waals surface area contributed by atoms with Crippen molar-refractivity contribution >= 4 is 17.6 Å². The molecule has 1 heterocycles. The third kappa shape index (κ3) is 2.83. The van der Waals surface area contributed by atoms with Crippen LogP contribution in [0.4, 0.5) is 5.69 Å². The highest BCUT2D eigenvalue weighted by molar-refractivity contribution is 6.06. The van der Waals surface area contributed by atoms with E-state index < -0.39 is 11.9 Å². The van der Waals surface area contributed by atoms with E-state index in [1.54, 1.807) is 12.1 Å². The molecule has 0 aliphatic carbocycles. The van der Waals surface area contributed by atoms with Gasteiger partial charge in [0.05, 0.1) is 18.7 Å². The van der Waals surface area contributed by atoms with Crippen molar-refractivity contribution in [1.29, 1.82) is 0 Å². The number of carboxylic acids is 1. The molecule has 27 heavy (non-hydrogen) atoms. The average Bonchev–Trinajstić information content (AvgIpc) is 3.26. The summed E-state index contributed by atoms with van der Waals surface area (Å²) in [7, 11) is 0. The van der Waals surface area contributed by atoms with Gasteiger partial charge >= 0.3 is 5.97 Å². The molecule has 3 N–H and O–H groups in total. The first kappa shape index (κ1) is 16.8. The maximum absolute atomic E-state index is 12.8. The van der Waals surface area contributed by atoms with Gasteiger partial charge in [-0.3, -0.25) is 14.4 Å². The monoisotopic (exact) mass is 365 g/mol. The van der Waals surface area contributed by atoms with Crippen molar-refractivity contribution < 1.29 is 24.9 Å². The van der Waals surface area contributed by atoms with Crippen LogP contribution in [-0.4, -0.2) is 27.2 Å². The number of rotatable bonds is 3. The van der Waals surface area contributed by atoms with E-state index >= 15 is 0 Å². The molecule has 0 fully saturated rings. The summed E-state index contributed by atoms with van der Waals surface area (Å²) in [6.45, 7) is 0.0443. The molecule has 0 radical (unpaired) electrons. The van der Waals surface area contributed by atoms with Gasteiger partial charge in [-0.25, -0.2) is 0 Å². The van der Waals surface area contributed by atoms with E-state index in [1.807, 2.05) is 0 Å². The predicted molar refractivity (Wildman–Crippen MR) is 97.3 cm³/mol. The maximum atomic E-state index is 12.8. The van der Waals surface area contributed by atoms with E-state index in [1.165, 1.54) is 29.2 Å². The normalized spacial score (nSPS) is 12.7. The summed E-state index contributed by atoms with van der Waals surface area (Å²) < 4.78 is 0. The second-order valence-electron chi connectivity index (χ2n) is 6.50. The highest BCUT2D eigenvalue weighted by Crippen LogP contribution is 2.45. The van der Waals surface area contributed by atoms with Crippen LogP contribution in [0.1, 0.15) is 18.4 Å². The maximum Gasteiger partial charge on any atom is 0.303 e. The molecule has 136 valence electrons. The minimum absolute atomic E-state index is 0.00126. The van der Waals surface area contributed by atoms with Gasteiger partial charge in [0.15, 0.2) is 5.43 Å². The van der Waals surface area contributed by atoms with Crippen LogP contribution in [0.25, 0.3) is 22.3 Å². The summed E-state index contributed by atoms with van der Waals surface area (Å²) in [6, 6.07) is 9.00.